The van der Waals surface area contributed by atoms with Gasteiger partial charge < -0.3 is 9.47 Å². The van der Waals surface area contributed by atoms with Crippen molar-refractivity contribution in [1.29, 1.82) is 0 Å². The molecule has 1 aliphatic heterocycles. The topological polar surface area (TPSA) is 64.8 Å². The minimum atomic E-state index is -0.500. The molecule has 1 heterocycles. The molecule has 6 heteroatoms. The quantitative estimate of drug-likeness (QED) is 0.310. The number of carbonyl (C=O) groups excluding carboxylic acids is 1. The van der Waals surface area contributed by atoms with E-state index in [0.717, 1.165) is 12.2 Å². The molecule has 1 aromatic carbocycles. The highest BCUT2D eigenvalue weighted by atomic mass is 127. The molecule has 1 aliphatic rings. The van der Waals surface area contributed by atoms with E-state index >= 15 is 0 Å². The molecule has 0 aliphatic carbocycles. The smallest absolute Gasteiger partial charge is 0.226 e. The van der Waals surface area contributed by atoms with E-state index in [1.165, 1.54) is 0 Å². The Kier molecular flexibility index (Phi) is 5.31. The minimum Gasteiger partial charge on any atom is -0.490 e. The van der Waals surface area contributed by atoms with E-state index in [-0.39, 0.29) is 9.89 Å². The van der Waals surface area contributed by atoms with E-state index < -0.39 is 21.0 Å². The van der Waals surface area contributed by atoms with E-state index in [4.69, 9.17) is 13.4 Å². The summed E-state index contributed by atoms with van der Waals surface area (Å²) in [5, 5.41) is 0. The lowest BCUT2D eigenvalue weighted by molar-refractivity contribution is 0.110. The van der Waals surface area contributed by atoms with Gasteiger partial charge in [0, 0.05) is 43.6 Å². The van der Waals surface area contributed by atoms with Gasteiger partial charge in [-0.3, -0.25) is 8.74 Å². The van der Waals surface area contributed by atoms with Gasteiger partial charge in [-0.2, -0.15) is 0 Å². The van der Waals surface area contributed by atoms with Crippen LogP contribution >= 0.6 is 43.6 Å². The molecule has 18 heavy (non-hydrogen) atoms. The van der Waals surface area contributed by atoms with Crippen molar-refractivity contribution in [1.82, 2.24) is 0 Å². The molecule has 0 spiro atoms. The van der Waals surface area contributed by atoms with Crippen LogP contribution in [0.2, 0.25) is 0 Å². The maximum atomic E-state index is 11.6. The normalized spacial score (nSPS) is 16.9. The lowest BCUT2D eigenvalue weighted by Crippen LogP contribution is -2.06. The number of carbonyl (C=O) groups is 1. The molecule has 2 rings (SSSR count). The number of nitrogens with two attached hydrogens (primary N) is 1. The molecule has 96 valence electrons. The second kappa shape index (κ2) is 6.76. The molecular formula is C12H11I2NO3. The third kappa shape index (κ3) is 4.13. The molecule has 0 amide bonds. The van der Waals surface area contributed by atoms with E-state index in [2.05, 4.69) is 3.67 Å². The predicted octanol–water partition coefficient (Wildman–Crippen LogP) is 2.30. The fraction of sp³-hybridized carbons (Fsp3) is 0.250. The van der Waals surface area contributed by atoms with Crippen molar-refractivity contribution in [2.75, 3.05) is 13.2 Å². The van der Waals surface area contributed by atoms with Crippen molar-refractivity contribution in [3.63, 3.8) is 0 Å². The number of hydrogen-bond acceptors (Lipinski definition) is 4. The highest BCUT2D eigenvalue weighted by Gasteiger charge is 2.24. The summed E-state index contributed by atoms with van der Waals surface area (Å²) in [7, 11) is 0. The van der Waals surface area contributed by atoms with Crippen LogP contribution in [0, 0.1) is 0 Å². The summed E-state index contributed by atoms with van der Waals surface area (Å²) in [4.78, 5) is 11.6. The lowest BCUT2D eigenvalue weighted by atomic mass is 10.1. The zero-order valence-corrected chi connectivity index (χ0v) is 13.7. The van der Waals surface area contributed by atoms with Crippen LogP contribution in [0.1, 0.15) is 15.9 Å². The summed E-state index contributed by atoms with van der Waals surface area (Å²) in [6.45, 7) is 1.23. The molecule has 0 radical (unpaired) electrons. The second-order valence-corrected chi connectivity index (χ2v) is 5.88. The average Bonchev–Trinajstić information content (AvgIpc) is 3.18. The Balaban J connectivity index is 2.21. The maximum absolute atomic E-state index is 11.6. The van der Waals surface area contributed by atoms with Crippen molar-refractivity contribution >= 4 is 57.1 Å². The van der Waals surface area contributed by atoms with Gasteiger partial charge in [0.1, 0.15) is 18.5 Å². The summed E-state index contributed by atoms with van der Waals surface area (Å²) in [5.74, 6) is 0.601. The highest BCUT2D eigenvalue weighted by molar-refractivity contribution is 14.2. The van der Waals surface area contributed by atoms with Gasteiger partial charge in [0.05, 0.1) is 12.2 Å². The van der Waals surface area contributed by atoms with Crippen molar-refractivity contribution < 1.29 is 14.3 Å². The number of halogens is 2. The SMILES string of the molecule is NI=C=Cc1ccc(OCC2CO2)c(C(=O)I)c1. The Morgan fingerprint density at radius 2 is 2.50 bits per heavy atom. The van der Waals surface area contributed by atoms with Crippen molar-refractivity contribution in [2.24, 2.45) is 3.95 Å². The summed E-state index contributed by atoms with van der Waals surface area (Å²) in [6.07, 6.45) is 1.99. The number of hydrogen-bond donors (Lipinski definition) is 1. The van der Waals surface area contributed by atoms with E-state index in [1.54, 1.807) is 34.7 Å². The fourth-order valence-corrected chi connectivity index (χ4v) is 2.32. The lowest BCUT2D eigenvalue weighted by Gasteiger charge is -2.08. The first-order valence-corrected chi connectivity index (χ1v) is 8.60. The third-order valence-corrected chi connectivity index (χ3v) is 3.58. The first-order valence-electron chi connectivity index (χ1n) is 5.20. The Labute approximate surface area is 129 Å². The predicted molar refractivity (Wildman–Crippen MR) is 87.7 cm³/mol. The molecule has 1 aromatic rings. The van der Waals surface area contributed by atoms with Gasteiger partial charge >= 0.3 is 0 Å². The molecule has 4 nitrogen and oxygen atoms in total. The Hall–Kier alpha value is -0.280. The largest absolute Gasteiger partial charge is 0.490 e. The Bertz CT molecular complexity index is 520. The monoisotopic (exact) mass is 471 g/mol. The van der Waals surface area contributed by atoms with Gasteiger partial charge in [-0.05, 0) is 23.8 Å². The van der Waals surface area contributed by atoms with Crippen LogP contribution in [0.3, 0.4) is 0 Å². The molecule has 0 bridgehead atoms. The number of ether oxygens (including phenoxy) is 2. The van der Waals surface area contributed by atoms with E-state index in [9.17, 15) is 4.79 Å². The first kappa shape index (κ1) is 14.1. The summed E-state index contributed by atoms with van der Waals surface area (Å²) in [6, 6.07) is 5.49. The molecule has 0 saturated carbocycles. The number of benzene rings is 1. The van der Waals surface area contributed by atoms with Crippen LogP contribution in [0.5, 0.6) is 5.75 Å². The molecule has 2 N–H and O–H groups in total. The minimum absolute atomic E-state index is 0.0444. The zero-order chi connectivity index (χ0) is 13.0. The van der Waals surface area contributed by atoms with Gasteiger partial charge in [-0.25, -0.2) is 0 Å². The third-order valence-electron chi connectivity index (χ3n) is 2.33. The Morgan fingerprint density at radius 1 is 1.72 bits per heavy atom. The highest BCUT2D eigenvalue weighted by Crippen LogP contribution is 2.24. The zero-order valence-electron chi connectivity index (χ0n) is 9.36. The van der Waals surface area contributed by atoms with Gasteiger partial charge in [-0.15, -0.1) is 0 Å². The Morgan fingerprint density at radius 3 is 3.11 bits per heavy atom. The molecule has 1 atom stereocenters. The van der Waals surface area contributed by atoms with Crippen molar-refractivity contribution in [2.45, 2.75) is 6.10 Å². The van der Waals surface area contributed by atoms with Crippen molar-refractivity contribution in [3.05, 3.63) is 29.3 Å². The van der Waals surface area contributed by atoms with Crippen LogP contribution in [0.4, 0.5) is 0 Å². The first-order chi connectivity index (χ1) is 8.70. The van der Waals surface area contributed by atoms with Gasteiger partial charge in [0.2, 0.25) is 3.79 Å². The van der Waals surface area contributed by atoms with Crippen LogP contribution in [0.15, 0.2) is 18.2 Å². The van der Waals surface area contributed by atoms with Crippen LogP contribution in [-0.2, 0) is 4.74 Å². The average molecular weight is 471 g/mol. The maximum Gasteiger partial charge on any atom is 0.226 e. The van der Waals surface area contributed by atoms with Gasteiger partial charge in [0.25, 0.3) is 0 Å². The summed E-state index contributed by atoms with van der Waals surface area (Å²) in [5.41, 5.74) is 1.48. The van der Waals surface area contributed by atoms with Gasteiger partial charge in [0.15, 0.2) is 0 Å². The summed E-state index contributed by atoms with van der Waals surface area (Å²) >= 11 is 1.26. The number of epoxide rings is 1. The van der Waals surface area contributed by atoms with Crippen LogP contribution in [0.25, 0.3) is 6.08 Å². The fourth-order valence-electron chi connectivity index (χ4n) is 1.36. The van der Waals surface area contributed by atoms with E-state index in [0.29, 0.717) is 17.9 Å². The van der Waals surface area contributed by atoms with Crippen LogP contribution in [-0.4, -0.2) is 26.8 Å². The van der Waals surface area contributed by atoms with Gasteiger partial charge in [-0.1, -0.05) is 9.73 Å². The number of rotatable bonds is 5. The molecule has 0 aromatic heterocycles. The standard InChI is InChI=1S/C12H11I2NO3/c13-12(16)10-5-8(3-4-14-15)1-2-11(10)18-7-9-6-17-9/h1-3,5,9H,6-7,15H2. The molecule has 1 unspecified atom stereocenters. The molecule has 1 fully saturated rings. The van der Waals surface area contributed by atoms with Crippen molar-refractivity contribution in [3.8, 4) is 5.75 Å². The van der Waals surface area contributed by atoms with E-state index in [1.807, 2.05) is 12.1 Å². The molecule has 1 saturated heterocycles. The second-order valence-electron chi connectivity index (χ2n) is 3.66. The van der Waals surface area contributed by atoms with Crippen LogP contribution < -0.4 is 8.68 Å². The molecular weight excluding hydrogens is 460 g/mol. The summed E-state index contributed by atoms with van der Waals surface area (Å²) < 4.78 is 19.1.